The Labute approximate surface area is 68.3 Å². The molecule has 1 atom stereocenters. The summed E-state index contributed by atoms with van der Waals surface area (Å²) in [7, 11) is 0. The molecular weight excluding hydrogens is 138 g/mol. The number of aliphatic imine (C=N–C) groups is 1. The highest BCUT2D eigenvalue weighted by atomic mass is 16.3. The van der Waals surface area contributed by atoms with Crippen LogP contribution >= 0.6 is 0 Å². The molecule has 0 fully saturated rings. The van der Waals surface area contributed by atoms with Gasteiger partial charge in [-0.1, -0.05) is 13.8 Å². The number of hydrogen-bond acceptors (Lipinski definition) is 2. The Balaban J connectivity index is 3.05. The lowest BCUT2D eigenvalue weighted by Gasteiger charge is -2.35. The van der Waals surface area contributed by atoms with Crippen molar-refractivity contribution in [2.75, 3.05) is 0 Å². The molecule has 0 aromatic rings. The minimum absolute atomic E-state index is 0.128. The van der Waals surface area contributed by atoms with Crippen molar-refractivity contribution in [3.8, 4) is 0 Å². The molecule has 1 aliphatic rings. The molecule has 0 aliphatic carbocycles. The summed E-state index contributed by atoms with van der Waals surface area (Å²) in [6.07, 6.45) is -0.377. The van der Waals surface area contributed by atoms with Gasteiger partial charge in [-0.25, -0.2) is 0 Å². The highest BCUT2D eigenvalue weighted by molar-refractivity contribution is 5.89. The molecule has 0 spiro atoms. The predicted octanol–water partition coefficient (Wildman–Crippen LogP) is 1.63. The molecule has 0 saturated heterocycles. The van der Waals surface area contributed by atoms with Gasteiger partial charge in [-0.3, -0.25) is 4.99 Å². The zero-order valence-corrected chi connectivity index (χ0v) is 7.97. The van der Waals surface area contributed by atoms with Crippen molar-refractivity contribution in [2.24, 2.45) is 10.4 Å². The highest BCUT2D eigenvalue weighted by Gasteiger charge is 2.48. The fraction of sp³-hybridized carbons (Fsp3) is 0.889. The third kappa shape index (κ3) is 1.00. The van der Waals surface area contributed by atoms with Gasteiger partial charge >= 0.3 is 0 Å². The average Bonchev–Trinajstić information content (AvgIpc) is 1.93. The average molecular weight is 155 g/mol. The largest absolute Gasteiger partial charge is 0.387 e. The summed E-state index contributed by atoms with van der Waals surface area (Å²) < 4.78 is 0. The maximum Gasteiger partial charge on any atom is 0.0987 e. The molecule has 1 unspecified atom stereocenters. The third-order valence-electron chi connectivity index (χ3n) is 3.11. The van der Waals surface area contributed by atoms with E-state index in [4.69, 9.17) is 0 Å². The zero-order valence-electron chi connectivity index (χ0n) is 7.97. The van der Waals surface area contributed by atoms with Gasteiger partial charge in [0.2, 0.25) is 0 Å². The van der Waals surface area contributed by atoms with Crippen molar-refractivity contribution in [3.63, 3.8) is 0 Å². The van der Waals surface area contributed by atoms with Crippen LogP contribution in [0.4, 0.5) is 0 Å². The lowest BCUT2D eigenvalue weighted by atomic mass is 9.73. The van der Waals surface area contributed by atoms with Crippen LogP contribution in [0.1, 0.15) is 34.6 Å². The summed E-state index contributed by atoms with van der Waals surface area (Å²) >= 11 is 0. The van der Waals surface area contributed by atoms with Gasteiger partial charge in [0.15, 0.2) is 0 Å². The first-order valence-corrected chi connectivity index (χ1v) is 4.03. The van der Waals surface area contributed by atoms with Crippen molar-refractivity contribution in [1.29, 1.82) is 0 Å². The maximum absolute atomic E-state index is 9.73. The molecule has 11 heavy (non-hydrogen) atoms. The fourth-order valence-electron chi connectivity index (χ4n) is 1.50. The fourth-order valence-corrected chi connectivity index (χ4v) is 1.50. The van der Waals surface area contributed by atoms with Crippen LogP contribution in [-0.4, -0.2) is 22.5 Å². The van der Waals surface area contributed by atoms with E-state index < -0.39 is 0 Å². The summed E-state index contributed by atoms with van der Waals surface area (Å²) in [5.41, 5.74) is 0.605. The van der Waals surface area contributed by atoms with Crippen molar-refractivity contribution in [3.05, 3.63) is 0 Å². The first kappa shape index (κ1) is 8.72. The Morgan fingerprint density at radius 3 is 1.82 bits per heavy atom. The SMILES string of the molecule is CC1=NC(C)(C)C(C)(C)C1O. The van der Waals surface area contributed by atoms with E-state index in [9.17, 15) is 5.11 Å². The molecule has 1 aliphatic heterocycles. The van der Waals surface area contributed by atoms with Crippen LogP contribution in [0.15, 0.2) is 4.99 Å². The summed E-state index contributed by atoms with van der Waals surface area (Å²) in [6, 6.07) is 0. The lowest BCUT2D eigenvalue weighted by Crippen LogP contribution is -2.42. The van der Waals surface area contributed by atoms with E-state index in [0.29, 0.717) is 0 Å². The first-order valence-electron chi connectivity index (χ1n) is 4.03. The number of rotatable bonds is 0. The number of nitrogens with zero attached hydrogens (tertiary/aromatic N) is 1. The zero-order chi connectivity index (χ0) is 8.86. The Bertz CT molecular complexity index is 204. The second kappa shape index (κ2) is 2.07. The van der Waals surface area contributed by atoms with E-state index in [-0.39, 0.29) is 17.1 Å². The molecule has 0 radical (unpaired) electrons. The molecule has 2 heteroatoms. The van der Waals surface area contributed by atoms with Crippen LogP contribution in [0.5, 0.6) is 0 Å². The monoisotopic (exact) mass is 155 g/mol. The molecule has 2 nitrogen and oxygen atoms in total. The van der Waals surface area contributed by atoms with Crippen LogP contribution in [0.25, 0.3) is 0 Å². The molecule has 0 aromatic heterocycles. The van der Waals surface area contributed by atoms with Crippen LogP contribution in [0.3, 0.4) is 0 Å². The van der Waals surface area contributed by atoms with Crippen LogP contribution in [-0.2, 0) is 0 Å². The van der Waals surface area contributed by atoms with Gasteiger partial charge in [0, 0.05) is 11.1 Å². The number of aliphatic hydroxyl groups is 1. The summed E-state index contributed by atoms with van der Waals surface area (Å²) in [5, 5.41) is 9.73. The minimum Gasteiger partial charge on any atom is -0.387 e. The second-order valence-corrected chi connectivity index (χ2v) is 4.44. The van der Waals surface area contributed by atoms with Gasteiger partial charge < -0.3 is 5.11 Å². The standard InChI is InChI=1S/C9H17NO/c1-6-7(11)8(2,3)9(4,5)10-6/h7,11H,1-5H3. The minimum atomic E-state index is -0.377. The summed E-state index contributed by atoms with van der Waals surface area (Å²) in [6.45, 7) is 10.1. The maximum atomic E-state index is 9.73. The number of aliphatic hydroxyl groups excluding tert-OH is 1. The molecule has 0 aromatic carbocycles. The molecule has 0 saturated carbocycles. The smallest absolute Gasteiger partial charge is 0.0987 e. The summed E-state index contributed by atoms with van der Waals surface area (Å²) in [5.74, 6) is 0. The van der Waals surface area contributed by atoms with Gasteiger partial charge in [0.05, 0.1) is 11.6 Å². The van der Waals surface area contributed by atoms with Crippen molar-refractivity contribution < 1.29 is 5.11 Å². The lowest BCUT2D eigenvalue weighted by molar-refractivity contribution is 0.0716. The van der Waals surface area contributed by atoms with Crippen molar-refractivity contribution in [1.82, 2.24) is 0 Å². The highest BCUT2D eigenvalue weighted by Crippen LogP contribution is 2.42. The van der Waals surface area contributed by atoms with E-state index in [1.165, 1.54) is 0 Å². The third-order valence-corrected chi connectivity index (χ3v) is 3.11. The second-order valence-electron chi connectivity index (χ2n) is 4.44. The van der Waals surface area contributed by atoms with Crippen LogP contribution in [0.2, 0.25) is 0 Å². The van der Waals surface area contributed by atoms with Gasteiger partial charge in [-0.05, 0) is 20.8 Å². The van der Waals surface area contributed by atoms with Crippen LogP contribution in [0, 0.1) is 5.41 Å². The molecule has 1 N–H and O–H groups in total. The Morgan fingerprint density at radius 2 is 1.73 bits per heavy atom. The van der Waals surface area contributed by atoms with Gasteiger partial charge in [0.1, 0.15) is 0 Å². The predicted molar refractivity (Wildman–Crippen MR) is 47.0 cm³/mol. The van der Waals surface area contributed by atoms with Crippen LogP contribution < -0.4 is 0 Å². The Kier molecular flexibility index (Phi) is 1.64. The first-order chi connectivity index (χ1) is 4.79. The summed E-state index contributed by atoms with van der Waals surface area (Å²) in [4.78, 5) is 4.42. The van der Waals surface area contributed by atoms with Crippen molar-refractivity contribution in [2.45, 2.75) is 46.3 Å². The van der Waals surface area contributed by atoms with E-state index in [0.717, 1.165) is 5.71 Å². The normalized spacial score (nSPS) is 33.6. The molecule has 1 heterocycles. The molecule has 1 rings (SSSR count). The van der Waals surface area contributed by atoms with E-state index in [1.807, 2.05) is 6.92 Å². The van der Waals surface area contributed by atoms with E-state index in [1.54, 1.807) is 0 Å². The molecule has 0 bridgehead atoms. The van der Waals surface area contributed by atoms with Gasteiger partial charge in [-0.2, -0.15) is 0 Å². The Hall–Kier alpha value is -0.370. The molecular formula is C9H17NO. The van der Waals surface area contributed by atoms with E-state index >= 15 is 0 Å². The van der Waals surface area contributed by atoms with Gasteiger partial charge in [0.25, 0.3) is 0 Å². The quantitative estimate of drug-likeness (QED) is 0.566. The van der Waals surface area contributed by atoms with E-state index in [2.05, 4.69) is 32.7 Å². The topological polar surface area (TPSA) is 32.6 Å². The Morgan fingerprint density at radius 1 is 1.27 bits per heavy atom. The molecule has 64 valence electrons. The number of hydrogen-bond donors (Lipinski definition) is 1. The van der Waals surface area contributed by atoms with Gasteiger partial charge in [-0.15, -0.1) is 0 Å². The van der Waals surface area contributed by atoms with Crippen molar-refractivity contribution >= 4 is 5.71 Å². The molecule has 0 amide bonds.